The maximum atomic E-state index is 12.1. The van der Waals surface area contributed by atoms with Gasteiger partial charge in [0.2, 0.25) is 5.78 Å². The highest BCUT2D eigenvalue weighted by Gasteiger charge is 2.16. The molecule has 0 aliphatic carbocycles. The molecular weight excluding hydrogens is 375 g/mol. The summed E-state index contributed by atoms with van der Waals surface area (Å²) in [7, 11) is 0. The van der Waals surface area contributed by atoms with Gasteiger partial charge in [-0.2, -0.15) is 5.10 Å². The van der Waals surface area contributed by atoms with E-state index in [1.165, 1.54) is 18.3 Å². The van der Waals surface area contributed by atoms with Gasteiger partial charge in [-0.3, -0.25) is 9.48 Å². The van der Waals surface area contributed by atoms with Crippen molar-refractivity contribution in [2.24, 2.45) is 0 Å². The zero-order valence-electron chi connectivity index (χ0n) is 13.6. The summed E-state index contributed by atoms with van der Waals surface area (Å²) in [6.45, 7) is 0.123. The van der Waals surface area contributed by atoms with E-state index in [9.17, 15) is 9.59 Å². The van der Waals surface area contributed by atoms with E-state index in [1.807, 2.05) is 30.3 Å². The minimum atomic E-state index is -0.622. The largest absolute Gasteiger partial charge is 0.454 e. The van der Waals surface area contributed by atoms with E-state index in [2.05, 4.69) is 5.10 Å². The molecule has 132 valence electrons. The second-order valence-electron chi connectivity index (χ2n) is 5.54. The Morgan fingerprint density at radius 1 is 1.08 bits per heavy atom. The van der Waals surface area contributed by atoms with Gasteiger partial charge in [0.05, 0.1) is 23.3 Å². The predicted molar refractivity (Wildman–Crippen MR) is 98.8 cm³/mol. The molecule has 0 unspecified atom stereocenters. The summed E-state index contributed by atoms with van der Waals surface area (Å²) in [5.41, 5.74) is 1.59. The molecular formula is C19H14Cl2N2O3. The molecule has 1 aromatic heterocycles. The number of benzene rings is 2. The van der Waals surface area contributed by atoms with Crippen LogP contribution in [0.15, 0.2) is 60.9 Å². The molecule has 7 heteroatoms. The molecule has 0 aliphatic heterocycles. The zero-order chi connectivity index (χ0) is 18.5. The molecule has 3 rings (SSSR count). The van der Waals surface area contributed by atoms with Crippen LogP contribution in [-0.4, -0.2) is 28.1 Å². The fourth-order valence-electron chi connectivity index (χ4n) is 2.33. The van der Waals surface area contributed by atoms with Gasteiger partial charge in [-0.15, -0.1) is 0 Å². The number of rotatable bonds is 6. The molecule has 0 amide bonds. The second kappa shape index (κ2) is 8.17. The maximum absolute atomic E-state index is 12.1. The zero-order valence-corrected chi connectivity index (χ0v) is 15.1. The third-order valence-corrected chi connectivity index (χ3v) is 4.17. The molecule has 26 heavy (non-hydrogen) atoms. The molecule has 0 spiro atoms. The van der Waals surface area contributed by atoms with Crippen molar-refractivity contribution < 1.29 is 14.3 Å². The van der Waals surface area contributed by atoms with Crippen molar-refractivity contribution in [1.29, 1.82) is 0 Å². The fraction of sp³-hybridized carbons (Fsp3) is 0.105. The van der Waals surface area contributed by atoms with Crippen LogP contribution in [-0.2, 0) is 11.3 Å². The molecule has 0 saturated heterocycles. The third-order valence-electron chi connectivity index (χ3n) is 3.62. The number of ketones is 1. The molecule has 5 nitrogen and oxygen atoms in total. The monoisotopic (exact) mass is 388 g/mol. The standard InChI is InChI=1S/C19H14Cl2N2O3/c20-15-6-7-16(17(21)8-15)18(24)12-26-19(25)14-9-22-23(11-14)10-13-4-2-1-3-5-13/h1-9,11H,10,12H2. The molecule has 2 aromatic carbocycles. The first kappa shape index (κ1) is 18.2. The second-order valence-corrected chi connectivity index (χ2v) is 6.38. The van der Waals surface area contributed by atoms with Crippen molar-refractivity contribution in [3.05, 3.63) is 87.7 Å². The molecule has 0 atom stereocenters. The smallest absolute Gasteiger partial charge is 0.341 e. The molecule has 0 N–H and O–H groups in total. The van der Waals surface area contributed by atoms with E-state index in [0.717, 1.165) is 5.56 Å². The first-order valence-electron chi connectivity index (χ1n) is 7.74. The summed E-state index contributed by atoms with van der Waals surface area (Å²) >= 11 is 11.8. The molecule has 3 aromatic rings. The van der Waals surface area contributed by atoms with Gasteiger partial charge >= 0.3 is 5.97 Å². The Hall–Kier alpha value is -2.63. The summed E-state index contributed by atoms with van der Waals surface area (Å²) in [4.78, 5) is 24.2. The highest BCUT2D eigenvalue weighted by Crippen LogP contribution is 2.21. The van der Waals surface area contributed by atoms with Gasteiger partial charge in [-0.1, -0.05) is 53.5 Å². The number of aromatic nitrogens is 2. The van der Waals surface area contributed by atoms with Gasteiger partial charge in [0.1, 0.15) is 0 Å². The summed E-state index contributed by atoms with van der Waals surface area (Å²) < 4.78 is 6.69. The minimum absolute atomic E-state index is 0.217. The summed E-state index contributed by atoms with van der Waals surface area (Å²) in [6, 6.07) is 14.2. The lowest BCUT2D eigenvalue weighted by Crippen LogP contribution is -2.14. The van der Waals surface area contributed by atoms with Crippen molar-refractivity contribution >= 4 is 35.0 Å². The van der Waals surface area contributed by atoms with E-state index in [1.54, 1.807) is 16.9 Å². The van der Waals surface area contributed by atoms with Crippen LogP contribution in [0.1, 0.15) is 26.3 Å². The highest BCUT2D eigenvalue weighted by molar-refractivity contribution is 6.36. The fourth-order valence-corrected chi connectivity index (χ4v) is 2.85. The number of halogens is 2. The van der Waals surface area contributed by atoms with Gasteiger partial charge < -0.3 is 4.74 Å². The number of nitrogens with zero attached hydrogens (tertiary/aromatic N) is 2. The molecule has 0 radical (unpaired) electrons. The Morgan fingerprint density at radius 3 is 2.58 bits per heavy atom. The average molecular weight is 389 g/mol. The van der Waals surface area contributed by atoms with E-state index in [4.69, 9.17) is 27.9 Å². The van der Waals surface area contributed by atoms with Crippen molar-refractivity contribution in [2.75, 3.05) is 6.61 Å². The predicted octanol–water partition coefficient (Wildman–Crippen LogP) is 4.28. The van der Waals surface area contributed by atoms with Crippen LogP contribution < -0.4 is 0 Å². The van der Waals surface area contributed by atoms with Crippen molar-refractivity contribution in [1.82, 2.24) is 9.78 Å². The van der Waals surface area contributed by atoms with Gasteiger partial charge in [0.15, 0.2) is 6.61 Å². The summed E-state index contributed by atoms with van der Waals surface area (Å²) in [5.74, 6) is -1.03. The maximum Gasteiger partial charge on any atom is 0.341 e. The summed E-state index contributed by atoms with van der Waals surface area (Å²) in [6.07, 6.45) is 2.99. The molecule has 0 saturated carbocycles. The van der Waals surface area contributed by atoms with Crippen LogP contribution in [0.3, 0.4) is 0 Å². The lowest BCUT2D eigenvalue weighted by atomic mass is 10.1. The Balaban J connectivity index is 1.59. The lowest BCUT2D eigenvalue weighted by Gasteiger charge is -2.05. The van der Waals surface area contributed by atoms with Crippen molar-refractivity contribution in [3.8, 4) is 0 Å². The van der Waals surface area contributed by atoms with Crippen LogP contribution in [0.2, 0.25) is 10.0 Å². The number of esters is 1. The number of hydrogen-bond donors (Lipinski definition) is 0. The molecule has 0 fully saturated rings. The Morgan fingerprint density at radius 2 is 1.85 bits per heavy atom. The van der Waals surface area contributed by atoms with Crippen LogP contribution in [0.5, 0.6) is 0 Å². The molecule has 0 aliphatic rings. The van der Waals surface area contributed by atoms with Gasteiger partial charge in [0.25, 0.3) is 0 Å². The average Bonchev–Trinajstić information content (AvgIpc) is 3.09. The first-order valence-corrected chi connectivity index (χ1v) is 8.50. The SMILES string of the molecule is O=C(OCC(=O)c1ccc(Cl)cc1Cl)c1cnn(Cc2ccccc2)c1. The van der Waals surface area contributed by atoms with Gasteiger partial charge in [0, 0.05) is 16.8 Å². The number of hydrogen-bond acceptors (Lipinski definition) is 4. The van der Waals surface area contributed by atoms with E-state index < -0.39 is 18.4 Å². The third kappa shape index (κ3) is 4.50. The lowest BCUT2D eigenvalue weighted by molar-refractivity contribution is 0.0474. The van der Waals surface area contributed by atoms with E-state index in [-0.39, 0.29) is 16.1 Å². The van der Waals surface area contributed by atoms with E-state index >= 15 is 0 Å². The van der Waals surface area contributed by atoms with Gasteiger partial charge in [-0.05, 0) is 23.8 Å². The topological polar surface area (TPSA) is 61.2 Å². The van der Waals surface area contributed by atoms with Crippen LogP contribution >= 0.6 is 23.2 Å². The number of carbonyl (C=O) groups is 2. The Bertz CT molecular complexity index is 939. The number of carbonyl (C=O) groups excluding carboxylic acids is 2. The molecule has 0 bridgehead atoms. The van der Waals surface area contributed by atoms with Crippen molar-refractivity contribution in [2.45, 2.75) is 6.54 Å². The van der Waals surface area contributed by atoms with Crippen LogP contribution in [0.25, 0.3) is 0 Å². The van der Waals surface area contributed by atoms with Crippen LogP contribution in [0, 0.1) is 0 Å². The number of Topliss-reactive ketones (excluding diaryl/α,β-unsaturated/α-hetero) is 1. The minimum Gasteiger partial charge on any atom is -0.454 e. The molecule has 1 heterocycles. The van der Waals surface area contributed by atoms with Crippen LogP contribution in [0.4, 0.5) is 0 Å². The first-order chi connectivity index (χ1) is 12.5. The van der Waals surface area contributed by atoms with Crippen molar-refractivity contribution in [3.63, 3.8) is 0 Å². The Kier molecular flexibility index (Phi) is 5.71. The highest BCUT2D eigenvalue weighted by atomic mass is 35.5. The Labute approximate surface area is 160 Å². The van der Waals surface area contributed by atoms with E-state index in [0.29, 0.717) is 11.6 Å². The summed E-state index contributed by atoms with van der Waals surface area (Å²) in [5, 5.41) is 4.78. The number of ether oxygens (including phenoxy) is 1. The normalized spacial score (nSPS) is 10.5. The van der Waals surface area contributed by atoms with Gasteiger partial charge in [-0.25, -0.2) is 4.79 Å². The quantitative estimate of drug-likeness (QED) is 0.467.